The van der Waals surface area contributed by atoms with E-state index in [1.54, 1.807) is 0 Å². The maximum Gasteiger partial charge on any atom is 0.306 e. The minimum Gasteiger partial charge on any atom is -0.462 e. The highest BCUT2D eigenvalue weighted by atomic mass is 16.6. The molecule has 0 aromatic carbocycles. The van der Waals surface area contributed by atoms with Crippen LogP contribution in [0.25, 0.3) is 0 Å². The minimum atomic E-state index is -0.823. The molecule has 0 saturated heterocycles. The molecule has 0 amide bonds. The van der Waals surface area contributed by atoms with Gasteiger partial charge in [0.15, 0.2) is 6.10 Å². The Hall–Kier alpha value is -3.44. The summed E-state index contributed by atoms with van der Waals surface area (Å²) in [5, 5.41) is 9.54. The number of hydrogen-bond acceptors (Lipinski definition) is 5. The molecule has 0 fully saturated rings. The van der Waals surface area contributed by atoms with Crippen molar-refractivity contribution >= 4 is 11.9 Å². The standard InChI is InChI=1S/C45H70O5/c1-3-5-7-9-11-13-15-17-19-21-22-24-26-28-30-32-34-36-38-40-45(48)50-43(41-46)42-49-44(47)39-37-35-33-31-29-27-25-23-20-18-16-14-12-10-8-6-4-2/h5-8,11-14,17-20,22,24,28,30,34,36,43,46H,3-4,9-10,15-16,21,23,25-27,29,31-33,35,37-42H2,1-2H3/b7-5-,8-6-,13-11-,14-12-,19-17-,20-18-,24-22-,30-28-,36-34-. The van der Waals surface area contributed by atoms with Gasteiger partial charge in [-0.25, -0.2) is 0 Å². The van der Waals surface area contributed by atoms with Crippen molar-refractivity contribution in [1.29, 1.82) is 0 Å². The van der Waals surface area contributed by atoms with Crippen LogP contribution in [0.15, 0.2) is 109 Å². The summed E-state index contributed by atoms with van der Waals surface area (Å²) < 4.78 is 10.5. The lowest BCUT2D eigenvalue weighted by atomic mass is 10.1. The van der Waals surface area contributed by atoms with Crippen molar-refractivity contribution < 1.29 is 24.2 Å². The van der Waals surface area contributed by atoms with Crippen LogP contribution in [0.1, 0.15) is 142 Å². The molecule has 280 valence electrons. The van der Waals surface area contributed by atoms with E-state index in [1.165, 1.54) is 25.7 Å². The number of aliphatic hydroxyl groups excluding tert-OH is 1. The molecule has 1 unspecified atom stereocenters. The molecule has 0 aromatic rings. The average Bonchev–Trinajstić information content (AvgIpc) is 3.12. The van der Waals surface area contributed by atoms with Crippen LogP contribution in [-0.2, 0) is 19.1 Å². The lowest BCUT2D eigenvalue weighted by Gasteiger charge is -2.15. The molecular weight excluding hydrogens is 620 g/mol. The van der Waals surface area contributed by atoms with Crippen LogP contribution in [0, 0.1) is 0 Å². The molecule has 5 nitrogen and oxygen atoms in total. The number of aliphatic hydroxyl groups is 1. The van der Waals surface area contributed by atoms with E-state index in [2.05, 4.69) is 111 Å². The van der Waals surface area contributed by atoms with Gasteiger partial charge in [0.05, 0.1) is 6.61 Å². The zero-order valence-corrected chi connectivity index (χ0v) is 31.6. The van der Waals surface area contributed by atoms with Gasteiger partial charge in [0.2, 0.25) is 0 Å². The molecule has 0 aliphatic carbocycles. The van der Waals surface area contributed by atoms with Gasteiger partial charge < -0.3 is 14.6 Å². The summed E-state index contributed by atoms with van der Waals surface area (Å²) in [6, 6.07) is 0. The normalized spacial score (nSPS) is 13.4. The molecule has 50 heavy (non-hydrogen) atoms. The average molecular weight is 691 g/mol. The number of hydrogen-bond donors (Lipinski definition) is 1. The Morgan fingerprint density at radius 2 is 0.840 bits per heavy atom. The topological polar surface area (TPSA) is 72.8 Å². The van der Waals surface area contributed by atoms with Crippen LogP contribution in [0.5, 0.6) is 0 Å². The van der Waals surface area contributed by atoms with Gasteiger partial charge in [0, 0.05) is 12.8 Å². The van der Waals surface area contributed by atoms with E-state index < -0.39 is 12.1 Å². The quantitative estimate of drug-likeness (QED) is 0.0421. The van der Waals surface area contributed by atoms with Crippen LogP contribution in [0.2, 0.25) is 0 Å². The second-order valence-corrected chi connectivity index (χ2v) is 12.2. The van der Waals surface area contributed by atoms with E-state index in [4.69, 9.17) is 9.47 Å². The molecule has 0 heterocycles. The van der Waals surface area contributed by atoms with Crippen molar-refractivity contribution in [2.75, 3.05) is 13.2 Å². The number of esters is 2. The molecule has 1 atom stereocenters. The lowest BCUT2D eigenvalue weighted by molar-refractivity contribution is -0.161. The van der Waals surface area contributed by atoms with Gasteiger partial charge in [-0.1, -0.05) is 155 Å². The van der Waals surface area contributed by atoms with Crippen molar-refractivity contribution in [3.05, 3.63) is 109 Å². The second-order valence-electron chi connectivity index (χ2n) is 12.2. The van der Waals surface area contributed by atoms with Crippen molar-refractivity contribution in [1.82, 2.24) is 0 Å². The van der Waals surface area contributed by atoms with Gasteiger partial charge in [-0.2, -0.15) is 0 Å². The maximum atomic E-state index is 12.1. The first-order valence-electron chi connectivity index (χ1n) is 19.4. The zero-order chi connectivity index (χ0) is 36.4. The summed E-state index contributed by atoms with van der Waals surface area (Å²) >= 11 is 0. The molecule has 0 aliphatic rings. The van der Waals surface area contributed by atoms with Crippen LogP contribution in [0.3, 0.4) is 0 Å². The molecule has 0 aromatic heterocycles. The van der Waals surface area contributed by atoms with Crippen LogP contribution in [-0.4, -0.2) is 36.4 Å². The third kappa shape index (κ3) is 37.4. The second kappa shape index (κ2) is 40.0. The number of carbonyl (C=O) groups is 2. The maximum absolute atomic E-state index is 12.1. The third-order valence-electron chi connectivity index (χ3n) is 7.58. The van der Waals surface area contributed by atoms with Gasteiger partial charge in [-0.15, -0.1) is 0 Å². The monoisotopic (exact) mass is 691 g/mol. The van der Waals surface area contributed by atoms with Crippen molar-refractivity contribution in [2.24, 2.45) is 0 Å². The number of carbonyl (C=O) groups excluding carboxylic acids is 2. The van der Waals surface area contributed by atoms with E-state index in [0.29, 0.717) is 12.8 Å². The van der Waals surface area contributed by atoms with Crippen LogP contribution < -0.4 is 0 Å². The highest BCUT2D eigenvalue weighted by Gasteiger charge is 2.15. The summed E-state index contributed by atoms with van der Waals surface area (Å²) in [7, 11) is 0. The summed E-state index contributed by atoms with van der Waals surface area (Å²) in [6.45, 7) is 3.82. The SMILES string of the molecule is CC/C=C\C/C=C\C/C=C\C/C=C\C/C=C\C/C=C\CCC(=O)OC(CO)COC(=O)CCCCCCCCC/C=C\C/C=C\C/C=C\CC. The van der Waals surface area contributed by atoms with E-state index in [0.717, 1.165) is 83.5 Å². The molecule has 0 bridgehead atoms. The number of rotatable bonds is 33. The third-order valence-corrected chi connectivity index (χ3v) is 7.58. The number of ether oxygens (including phenoxy) is 2. The summed E-state index contributed by atoms with van der Waals surface area (Å²) in [5.74, 6) is -0.713. The number of unbranched alkanes of at least 4 members (excludes halogenated alkanes) is 7. The van der Waals surface area contributed by atoms with Crippen molar-refractivity contribution in [3.63, 3.8) is 0 Å². The first-order chi connectivity index (χ1) is 24.6. The minimum absolute atomic E-state index is 0.109. The molecule has 0 saturated carbocycles. The van der Waals surface area contributed by atoms with Crippen molar-refractivity contribution in [3.8, 4) is 0 Å². The highest BCUT2D eigenvalue weighted by molar-refractivity contribution is 5.70. The predicted molar refractivity (Wildman–Crippen MR) is 214 cm³/mol. The van der Waals surface area contributed by atoms with Gasteiger partial charge in [-0.3, -0.25) is 9.59 Å². The molecule has 0 radical (unpaired) electrons. The predicted octanol–water partition coefficient (Wildman–Crippen LogP) is 12.3. The summed E-state index contributed by atoms with van der Waals surface area (Å²) in [5.41, 5.74) is 0. The molecule has 5 heteroatoms. The summed E-state index contributed by atoms with van der Waals surface area (Å²) in [4.78, 5) is 24.2. The van der Waals surface area contributed by atoms with Gasteiger partial charge >= 0.3 is 11.9 Å². The fourth-order valence-electron chi connectivity index (χ4n) is 4.71. The van der Waals surface area contributed by atoms with Gasteiger partial charge in [0.25, 0.3) is 0 Å². The molecular formula is C45H70O5. The Balaban J connectivity index is 3.75. The van der Waals surface area contributed by atoms with Gasteiger partial charge in [0.1, 0.15) is 6.61 Å². The highest BCUT2D eigenvalue weighted by Crippen LogP contribution is 2.11. The van der Waals surface area contributed by atoms with E-state index in [1.807, 2.05) is 12.2 Å². The first-order valence-corrected chi connectivity index (χ1v) is 19.4. The van der Waals surface area contributed by atoms with Crippen LogP contribution >= 0.6 is 0 Å². The van der Waals surface area contributed by atoms with Gasteiger partial charge in [-0.05, 0) is 83.5 Å². The Kier molecular flexibility index (Phi) is 37.2. The van der Waals surface area contributed by atoms with E-state index >= 15 is 0 Å². The Morgan fingerprint density at radius 3 is 1.28 bits per heavy atom. The molecule has 1 N–H and O–H groups in total. The van der Waals surface area contributed by atoms with E-state index in [9.17, 15) is 14.7 Å². The first kappa shape index (κ1) is 46.6. The van der Waals surface area contributed by atoms with Crippen LogP contribution in [0.4, 0.5) is 0 Å². The Bertz CT molecular complexity index is 1050. The smallest absolute Gasteiger partial charge is 0.306 e. The molecule has 0 spiro atoms. The lowest BCUT2D eigenvalue weighted by Crippen LogP contribution is -2.28. The molecule has 0 aliphatic heterocycles. The largest absolute Gasteiger partial charge is 0.462 e. The Labute approximate surface area is 306 Å². The zero-order valence-electron chi connectivity index (χ0n) is 31.6. The Morgan fingerprint density at radius 1 is 0.460 bits per heavy atom. The van der Waals surface area contributed by atoms with E-state index in [-0.39, 0.29) is 25.6 Å². The fraction of sp³-hybridized carbons (Fsp3) is 0.556. The summed E-state index contributed by atoms with van der Waals surface area (Å²) in [6.07, 6.45) is 57.3. The number of allylic oxidation sites excluding steroid dienone is 18. The fourth-order valence-corrected chi connectivity index (χ4v) is 4.71. The molecule has 0 rings (SSSR count). The van der Waals surface area contributed by atoms with Crippen molar-refractivity contribution in [2.45, 2.75) is 148 Å².